The molecule has 1 N–H and O–H groups in total. The summed E-state index contributed by atoms with van der Waals surface area (Å²) in [5.41, 5.74) is 12.8. The molecule has 0 aliphatic heterocycles. The fourth-order valence-corrected chi connectivity index (χ4v) is 19.7. The summed E-state index contributed by atoms with van der Waals surface area (Å²) in [6.45, 7) is 60.8. The zero-order valence-electron chi connectivity index (χ0n) is 57.8. The molecule has 0 aliphatic rings. The number of ketones is 1. The van der Waals surface area contributed by atoms with Crippen molar-refractivity contribution >= 4 is 66.1 Å². The maximum absolute atomic E-state index is 11.7. The maximum Gasteiger partial charge on any atom is 0.191 e. The first-order valence-electron chi connectivity index (χ1n) is 32.0. The monoisotopic (exact) mass is 1360 g/mol. The van der Waals surface area contributed by atoms with Crippen molar-refractivity contribution < 1.29 is 30.0 Å². The average molecular weight is 1360 g/mol. The number of carbonyl (C=O) groups excluding carboxylic acids is 1. The van der Waals surface area contributed by atoms with Gasteiger partial charge in [-0.2, -0.15) is 0 Å². The van der Waals surface area contributed by atoms with Crippen molar-refractivity contribution in [3.05, 3.63) is 160 Å². The van der Waals surface area contributed by atoms with E-state index < -0.39 is 8.07 Å². The third kappa shape index (κ3) is 15.3. The van der Waals surface area contributed by atoms with Gasteiger partial charge in [-0.15, -0.1) is 40.5 Å². The van der Waals surface area contributed by atoms with Crippen LogP contribution in [0.3, 0.4) is 0 Å². The van der Waals surface area contributed by atoms with E-state index in [9.17, 15) is 9.90 Å². The van der Waals surface area contributed by atoms with Crippen molar-refractivity contribution in [1.29, 1.82) is 0 Å². The van der Waals surface area contributed by atoms with Gasteiger partial charge in [0.25, 0.3) is 0 Å². The van der Waals surface area contributed by atoms with Gasteiger partial charge >= 0.3 is 0 Å². The number of carbonyl (C=O) groups is 1. The predicted octanol–water partition coefficient (Wildman–Crippen LogP) is 20.3. The Bertz CT molecular complexity index is 3200. The second-order valence-corrected chi connectivity index (χ2v) is 36.3. The van der Waals surface area contributed by atoms with Gasteiger partial charge in [0.15, 0.2) is 13.9 Å². The Morgan fingerprint density at radius 2 is 0.918 bits per heavy atom. The number of aliphatic hydroxyl groups excluding tert-OH is 1. The van der Waals surface area contributed by atoms with Crippen LogP contribution in [-0.2, 0) is 62.8 Å². The number of thiophene rings is 1. The van der Waals surface area contributed by atoms with Crippen molar-refractivity contribution in [1.82, 2.24) is 4.98 Å². The second-order valence-electron chi connectivity index (χ2n) is 31.1. The largest absolute Gasteiger partial charge is 0.512 e. The molecule has 0 amide bonds. The number of hydrogen-bond donors (Lipinski definition) is 1. The van der Waals surface area contributed by atoms with E-state index in [-0.39, 0.29) is 81.4 Å². The normalized spacial score (nSPS) is 13.4. The molecule has 0 bridgehead atoms. The van der Waals surface area contributed by atoms with E-state index in [1.54, 1.807) is 0 Å². The van der Waals surface area contributed by atoms with E-state index in [1.807, 2.05) is 39.0 Å². The van der Waals surface area contributed by atoms with Gasteiger partial charge in [-0.05, 0) is 149 Å². The number of aliphatic hydroxyl groups is 1. The molecule has 0 aliphatic carbocycles. The van der Waals surface area contributed by atoms with Crippen LogP contribution in [0.15, 0.2) is 109 Å². The van der Waals surface area contributed by atoms with Gasteiger partial charge in [-0.3, -0.25) is 9.78 Å². The Morgan fingerprint density at radius 1 is 0.541 bits per heavy atom. The Labute approximate surface area is 536 Å². The summed E-state index contributed by atoms with van der Waals surface area (Å²) in [5.74, 6) is 0.547. The molecule has 1 radical (unpaired) electrons. The molecule has 0 fully saturated rings. The van der Waals surface area contributed by atoms with Crippen LogP contribution in [0.5, 0.6) is 0 Å². The van der Waals surface area contributed by atoms with E-state index in [2.05, 4.69) is 256 Å². The van der Waals surface area contributed by atoms with E-state index in [0.717, 1.165) is 55.2 Å². The van der Waals surface area contributed by atoms with Crippen LogP contribution < -0.4 is 20.1 Å². The molecule has 85 heavy (non-hydrogen) atoms. The van der Waals surface area contributed by atoms with Crippen LogP contribution >= 0.6 is 11.3 Å². The van der Waals surface area contributed by atoms with Crippen molar-refractivity contribution in [2.24, 2.45) is 11.8 Å². The fraction of sp³-hybridized carbons (Fsp3) is 0.519. The number of nitrogens with zero attached hydrogens (tertiary/aromatic N) is 1. The molecule has 7 aromatic rings. The average Bonchev–Trinajstić information content (AvgIpc) is 1.95. The van der Waals surface area contributed by atoms with Crippen molar-refractivity contribution in [2.75, 3.05) is 0 Å². The zero-order chi connectivity index (χ0) is 63.1. The van der Waals surface area contributed by atoms with Crippen molar-refractivity contribution in [3.63, 3.8) is 0 Å². The molecule has 463 valence electrons. The number of pyridine rings is 1. The molecule has 3 nitrogen and oxygen atoms in total. The minimum absolute atomic E-state index is 0. The van der Waals surface area contributed by atoms with E-state index in [0.29, 0.717) is 0 Å². The zero-order valence-corrected chi connectivity index (χ0v) is 62.0. The molecule has 0 saturated carbocycles. The Kier molecular flexibility index (Phi) is 22.4. The van der Waals surface area contributed by atoms with Gasteiger partial charge in [-0.1, -0.05) is 257 Å². The second kappa shape index (κ2) is 26.7. The third-order valence-corrected chi connectivity index (χ3v) is 25.7. The Balaban J connectivity index is 0.000000725. The fourth-order valence-electron chi connectivity index (χ4n) is 12.0. The molecular formula is C79H110IrNO2SSi-. The first kappa shape index (κ1) is 71.3. The number of fused-ring (bicyclic) bond motifs is 2. The van der Waals surface area contributed by atoms with Gasteiger partial charge in [-0.25, -0.2) is 0 Å². The summed E-state index contributed by atoms with van der Waals surface area (Å²) in [4.78, 5) is 17.1. The topological polar surface area (TPSA) is 50.2 Å². The molecule has 0 spiro atoms. The smallest absolute Gasteiger partial charge is 0.191 e. The molecule has 5 aromatic carbocycles. The van der Waals surface area contributed by atoms with Crippen molar-refractivity contribution in [2.45, 2.75) is 256 Å². The van der Waals surface area contributed by atoms with E-state index in [4.69, 9.17) is 4.98 Å². The quantitative estimate of drug-likeness (QED) is 0.0366. The van der Waals surface area contributed by atoms with Crippen LogP contribution in [0, 0.1) is 24.8 Å². The summed E-state index contributed by atoms with van der Waals surface area (Å²) >= 11 is 2.03. The summed E-state index contributed by atoms with van der Waals surface area (Å²) in [5, 5.41) is 17.9. The minimum Gasteiger partial charge on any atom is -0.512 e. The first-order chi connectivity index (χ1) is 38.7. The summed E-state index contributed by atoms with van der Waals surface area (Å²) in [6.07, 6.45) is 9.09. The molecule has 6 heteroatoms. The van der Waals surface area contributed by atoms with Crippen LogP contribution in [-0.4, -0.2) is 23.9 Å². The van der Waals surface area contributed by atoms with Crippen LogP contribution in [0.25, 0.3) is 32.1 Å². The van der Waals surface area contributed by atoms with Crippen molar-refractivity contribution in [3.8, 4) is 11.3 Å². The summed E-state index contributed by atoms with van der Waals surface area (Å²) < 4.78 is 2.74. The van der Waals surface area contributed by atoms with Gasteiger partial charge in [0.1, 0.15) is 0 Å². The molecule has 0 unspecified atom stereocenters. The predicted molar refractivity (Wildman–Crippen MR) is 374 cm³/mol. The van der Waals surface area contributed by atoms with Crippen LogP contribution in [0.2, 0.25) is 0 Å². The molecule has 0 saturated heterocycles. The number of rotatable bonds is 15. The number of hydrogen-bond acceptors (Lipinski definition) is 4. The number of benzene rings is 5. The molecular weight excluding hydrogens is 1250 g/mol. The van der Waals surface area contributed by atoms with Crippen LogP contribution in [0.4, 0.5) is 0 Å². The van der Waals surface area contributed by atoms with E-state index >= 15 is 0 Å². The molecule has 2 aromatic heterocycles. The molecule has 7 rings (SSSR count). The Morgan fingerprint density at radius 3 is 1.27 bits per heavy atom. The van der Waals surface area contributed by atoms with Crippen LogP contribution in [0.1, 0.15) is 256 Å². The maximum atomic E-state index is 11.7. The third-order valence-electron chi connectivity index (χ3n) is 18.8. The van der Waals surface area contributed by atoms with Gasteiger partial charge in [0, 0.05) is 59.1 Å². The molecule has 0 atom stereocenters. The van der Waals surface area contributed by atoms with Gasteiger partial charge in [0.2, 0.25) is 0 Å². The number of allylic oxidation sites excluding steroid dienone is 2. The number of aryl methyl sites for hydroxylation is 1. The standard InChI is InChI=1S/C66H86NSSi.C13H24O2.Ir/c1-23-66(22,24-2)56-32-44(31-43-27-25-26-28-55(43)56)57-58-54(29-30-67-57)42(3)59(68-58)69(51-36-45(60(4,5)6)33-46(37-51)61(7,8)9,52-38-47(62(10,11)12)34-48(39-52)63(13,14)15)53-40-49(64(16,17)18)35-50(41-53)65(19,20)21;1-5-10(6-2)12(14)9-13(15)11(7-3)8-4;/h25-30,32-41H,23-24H2,1-22H3;9-11,14H,5-8H2,1-4H3;/q-1;;/b;12-9-;. The SMILES string of the molecule is CCC(C)(CC)c1cc(-c2nccc3c(C)c([Si](c4cc(C(C)(C)C)cc(C(C)(C)C)c4)(c4cc(C(C)(C)C)cc(C(C)(C)C)c4)c4cc(C(C)(C)C)cc(C(C)(C)C)c4)sc23)[c-]c2ccccc12.CCC(CC)C(=O)/C=C(\O)C(CC)CC.[Ir]. The minimum atomic E-state index is -3.33. The number of aromatic nitrogens is 1. The summed E-state index contributed by atoms with van der Waals surface area (Å²) in [7, 11) is -3.33. The molecule has 2 heterocycles. The van der Waals surface area contributed by atoms with Gasteiger partial charge in [0.05, 0.1) is 5.76 Å². The summed E-state index contributed by atoms with van der Waals surface area (Å²) in [6, 6.07) is 41.1. The van der Waals surface area contributed by atoms with Gasteiger partial charge < -0.3 is 5.11 Å². The Hall–Kier alpha value is -4.45. The van der Waals surface area contributed by atoms with E-state index in [1.165, 1.54) is 86.1 Å². The first-order valence-corrected chi connectivity index (χ1v) is 34.8.